The fourth-order valence-electron chi connectivity index (χ4n) is 2.01. The van der Waals surface area contributed by atoms with E-state index in [1.54, 1.807) is 0 Å². The number of carbonyl (C=O) groups is 1. The Balaban J connectivity index is 2.05. The second-order valence-electron chi connectivity index (χ2n) is 4.11. The number of hydrogen-bond donors (Lipinski definition) is 2. The van der Waals surface area contributed by atoms with Crippen LogP contribution in [-0.4, -0.2) is 44.7 Å². The molecule has 0 amide bonds. The smallest absolute Gasteiger partial charge is 0.313 e. The lowest BCUT2D eigenvalue weighted by Crippen LogP contribution is -2.27. The van der Waals surface area contributed by atoms with Crippen molar-refractivity contribution < 1.29 is 9.90 Å². The van der Waals surface area contributed by atoms with Crippen LogP contribution in [0.1, 0.15) is 24.6 Å². The summed E-state index contributed by atoms with van der Waals surface area (Å²) in [6.45, 7) is 2.02. The van der Waals surface area contributed by atoms with Crippen LogP contribution in [-0.2, 0) is 11.8 Å². The minimum atomic E-state index is -0.832. The van der Waals surface area contributed by atoms with Crippen molar-refractivity contribution in [1.82, 2.24) is 20.1 Å². The molecule has 1 aliphatic rings. The molecular weight excluding hydrogens is 240 g/mol. The van der Waals surface area contributed by atoms with E-state index in [1.165, 1.54) is 11.8 Å². The first-order chi connectivity index (χ1) is 8.18. The molecule has 0 saturated carbocycles. The molecule has 0 unspecified atom stereocenters. The van der Waals surface area contributed by atoms with Crippen molar-refractivity contribution in [3.05, 3.63) is 5.82 Å². The maximum Gasteiger partial charge on any atom is 0.313 e. The van der Waals surface area contributed by atoms with Gasteiger partial charge in [0.2, 0.25) is 0 Å². The van der Waals surface area contributed by atoms with Gasteiger partial charge in [0.15, 0.2) is 5.16 Å². The zero-order valence-corrected chi connectivity index (χ0v) is 10.5. The number of aromatic nitrogens is 3. The monoisotopic (exact) mass is 256 g/mol. The molecule has 0 radical (unpaired) electrons. The first-order valence-corrected chi connectivity index (χ1v) is 6.61. The number of aliphatic carboxylic acids is 1. The summed E-state index contributed by atoms with van der Waals surface area (Å²) in [6.07, 6.45) is 2.13. The third-order valence-corrected chi connectivity index (χ3v) is 3.90. The molecule has 1 saturated heterocycles. The van der Waals surface area contributed by atoms with Gasteiger partial charge >= 0.3 is 5.97 Å². The molecule has 2 heterocycles. The molecule has 0 spiro atoms. The Bertz CT molecular complexity index is 401. The summed E-state index contributed by atoms with van der Waals surface area (Å²) >= 11 is 1.21. The van der Waals surface area contributed by atoms with E-state index in [0.29, 0.717) is 11.1 Å². The van der Waals surface area contributed by atoms with Crippen LogP contribution in [0.5, 0.6) is 0 Å². The lowest BCUT2D eigenvalue weighted by Gasteiger charge is -2.21. The average Bonchev–Trinajstić information content (AvgIpc) is 2.69. The van der Waals surface area contributed by atoms with Crippen LogP contribution in [0.25, 0.3) is 0 Å². The molecule has 1 aromatic heterocycles. The largest absolute Gasteiger partial charge is 0.481 e. The van der Waals surface area contributed by atoms with Gasteiger partial charge in [-0.3, -0.25) is 4.79 Å². The molecule has 1 aromatic rings. The van der Waals surface area contributed by atoms with E-state index in [1.807, 2.05) is 11.6 Å². The van der Waals surface area contributed by atoms with E-state index in [2.05, 4.69) is 15.5 Å². The number of nitrogens with zero attached hydrogens (tertiary/aromatic N) is 3. The van der Waals surface area contributed by atoms with Crippen molar-refractivity contribution in [3.8, 4) is 0 Å². The molecule has 17 heavy (non-hydrogen) atoms. The van der Waals surface area contributed by atoms with Gasteiger partial charge in [-0.15, -0.1) is 10.2 Å². The molecule has 7 heteroatoms. The maximum absolute atomic E-state index is 10.5. The SMILES string of the molecule is Cn1c(SCC(=O)O)nnc1C1CCNCC1. The van der Waals surface area contributed by atoms with E-state index in [4.69, 9.17) is 5.11 Å². The number of rotatable bonds is 4. The van der Waals surface area contributed by atoms with Gasteiger partial charge < -0.3 is 15.0 Å². The Morgan fingerprint density at radius 2 is 2.24 bits per heavy atom. The fraction of sp³-hybridized carbons (Fsp3) is 0.700. The third kappa shape index (κ3) is 2.98. The molecule has 1 fully saturated rings. The summed E-state index contributed by atoms with van der Waals surface area (Å²) in [4.78, 5) is 10.5. The van der Waals surface area contributed by atoms with Crippen molar-refractivity contribution in [3.63, 3.8) is 0 Å². The Labute approximate surface area is 104 Å². The molecule has 2 rings (SSSR count). The predicted octanol–water partition coefficient (Wildman–Crippen LogP) is 0.459. The van der Waals surface area contributed by atoms with E-state index in [-0.39, 0.29) is 5.75 Å². The van der Waals surface area contributed by atoms with Crippen LogP contribution >= 0.6 is 11.8 Å². The zero-order valence-electron chi connectivity index (χ0n) is 9.72. The highest BCUT2D eigenvalue weighted by Crippen LogP contribution is 2.26. The lowest BCUT2D eigenvalue weighted by molar-refractivity contribution is -0.133. The molecule has 0 atom stereocenters. The summed E-state index contributed by atoms with van der Waals surface area (Å²) in [5, 5.41) is 20.9. The Morgan fingerprint density at radius 1 is 1.53 bits per heavy atom. The summed E-state index contributed by atoms with van der Waals surface area (Å²) in [6, 6.07) is 0. The molecule has 6 nitrogen and oxygen atoms in total. The quantitative estimate of drug-likeness (QED) is 0.762. The number of nitrogens with one attached hydrogen (secondary N) is 1. The second kappa shape index (κ2) is 5.50. The number of hydrogen-bond acceptors (Lipinski definition) is 5. The molecule has 0 aliphatic carbocycles. The number of thioether (sulfide) groups is 1. The highest BCUT2D eigenvalue weighted by molar-refractivity contribution is 7.99. The highest BCUT2D eigenvalue weighted by atomic mass is 32.2. The van der Waals surface area contributed by atoms with E-state index < -0.39 is 5.97 Å². The van der Waals surface area contributed by atoms with Gasteiger partial charge in [-0.25, -0.2) is 0 Å². The van der Waals surface area contributed by atoms with Gasteiger partial charge in [-0.2, -0.15) is 0 Å². The standard InChI is InChI=1S/C10H16N4O2S/c1-14-9(7-2-4-11-5-3-7)12-13-10(14)17-6-8(15)16/h7,11H,2-6H2,1H3,(H,15,16). The zero-order chi connectivity index (χ0) is 12.3. The topological polar surface area (TPSA) is 80.0 Å². The summed E-state index contributed by atoms with van der Waals surface area (Å²) in [5.74, 6) is 0.604. The van der Waals surface area contributed by atoms with Crippen LogP contribution in [0.2, 0.25) is 0 Å². The van der Waals surface area contributed by atoms with Gasteiger partial charge in [0.25, 0.3) is 0 Å². The molecule has 2 N–H and O–H groups in total. The van der Waals surface area contributed by atoms with E-state index in [9.17, 15) is 4.79 Å². The van der Waals surface area contributed by atoms with Crippen LogP contribution in [0.3, 0.4) is 0 Å². The maximum atomic E-state index is 10.5. The third-order valence-electron chi connectivity index (χ3n) is 2.90. The van der Waals surface area contributed by atoms with Crippen LogP contribution in [0, 0.1) is 0 Å². The van der Waals surface area contributed by atoms with Crippen molar-refractivity contribution in [1.29, 1.82) is 0 Å². The van der Waals surface area contributed by atoms with Gasteiger partial charge in [-0.05, 0) is 25.9 Å². The molecule has 0 aromatic carbocycles. The predicted molar refractivity (Wildman–Crippen MR) is 64.2 cm³/mol. The van der Waals surface area contributed by atoms with Crippen molar-refractivity contribution >= 4 is 17.7 Å². The molecule has 1 aliphatic heterocycles. The molecular formula is C10H16N4O2S. The average molecular weight is 256 g/mol. The van der Waals surface area contributed by atoms with Crippen molar-refractivity contribution in [2.24, 2.45) is 7.05 Å². The molecule has 0 bridgehead atoms. The normalized spacial score (nSPS) is 17.2. The van der Waals surface area contributed by atoms with Gasteiger partial charge in [0.1, 0.15) is 5.82 Å². The fourth-order valence-corrected chi connectivity index (χ4v) is 2.65. The number of carboxylic acids is 1. The van der Waals surface area contributed by atoms with Crippen LogP contribution in [0.15, 0.2) is 5.16 Å². The van der Waals surface area contributed by atoms with Crippen LogP contribution in [0.4, 0.5) is 0 Å². The van der Waals surface area contributed by atoms with E-state index in [0.717, 1.165) is 31.8 Å². The second-order valence-corrected chi connectivity index (χ2v) is 5.05. The summed E-state index contributed by atoms with van der Waals surface area (Å²) in [7, 11) is 1.90. The first-order valence-electron chi connectivity index (χ1n) is 5.63. The van der Waals surface area contributed by atoms with Gasteiger partial charge in [0, 0.05) is 13.0 Å². The summed E-state index contributed by atoms with van der Waals surface area (Å²) < 4.78 is 1.92. The van der Waals surface area contributed by atoms with E-state index >= 15 is 0 Å². The Kier molecular flexibility index (Phi) is 4.01. The Hall–Kier alpha value is -1.08. The first kappa shape index (κ1) is 12.4. The van der Waals surface area contributed by atoms with Gasteiger partial charge in [0.05, 0.1) is 5.75 Å². The minimum absolute atomic E-state index is 0.0260. The van der Waals surface area contributed by atoms with Crippen LogP contribution < -0.4 is 5.32 Å². The number of carboxylic acid groups (broad SMARTS) is 1. The Morgan fingerprint density at radius 3 is 2.88 bits per heavy atom. The lowest BCUT2D eigenvalue weighted by atomic mass is 9.97. The minimum Gasteiger partial charge on any atom is -0.481 e. The number of piperidine rings is 1. The van der Waals surface area contributed by atoms with Crippen molar-refractivity contribution in [2.45, 2.75) is 23.9 Å². The van der Waals surface area contributed by atoms with Crippen molar-refractivity contribution in [2.75, 3.05) is 18.8 Å². The highest BCUT2D eigenvalue weighted by Gasteiger charge is 2.21. The molecule has 94 valence electrons. The summed E-state index contributed by atoms with van der Waals surface area (Å²) in [5.41, 5.74) is 0. The van der Waals surface area contributed by atoms with Gasteiger partial charge in [-0.1, -0.05) is 11.8 Å².